The summed E-state index contributed by atoms with van der Waals surface area (Å²) in [4.78, 5) is 3.92. The summed E-state index contributed by atoms with van der Waals surface area (Å²) in [5.41, 5.74) is 6.37. The van der Waals surface area contributed by atoms with E-state index in [0.29, 0.717) is 16.9 Å². The Bertz CT molecular complexity index is 263. The lowest BCUT2D eigenvalue weighted by Crippen LogP contribution is -2.01. The van der Waals surface area contributed by atoms with E-state index in [2.05, 4.69) is 4.98 Å². The van der Waals surface area contributed by atoms with E-state index in [1.54, 1.807) is 6.07 Å². The second-order valence-corrected chi connectivity index (χ2v) is 3.22. The summed E-state index contributed by atoms with van der Waals surface area (Å²) in [6.45, 7) is 0.666. The van der Waals surface area contributed by atoms with Crippen molar-refractivity contribution in [3.8, 4) is 0 Å². The molecule has 0 aliphatic heterocycles. The third-order valence-electron chi connectivity index (χ3n) is 1.54. The Labute approximate surface area is 81.7 Å². The second kappa shape index (κ2) is 4.65. The molecule has 2 nitrogen and oxygen atoms in total. The standard InChI is InChI=1S/C8H10Cl2N2/c9-7-4-3-6(2-1-5-11)8(10)12-7/h3-4H,1-2,5,11H2. The highest BCUT2D eigenvalue weighted by Crippen LogP contribution is 2.17. The van der Waals surface area contributed by atoms with Crippen molar-refractivity contribution < 1.29 is 0 Å². The topological polar surface area (TPSA) is 38.9 Å². The van der Waals surface area contributed by atoms with Gasteiger partial charge in [-0.15, -0.1) is 0 Å². The minimum absolute atomic E-state index is 0.427. The number of nitrogens with zero attached hydrogens (tertiary/aromatic N) is 1. The molecule has 2 N–H and O–H groups in total. The lowest BCUT2D eigenvalue weighted by molar-refractivity contribution is 0.829. The average molecular weight is 205 g/mol. The average Bonchev–Trinajstić information content (AvgIpc) is 2.03. The van der Waals surface area contributed by atoms with Crippen LogP contribution in [0.3, 0.4) is 0 Å². The molecule has 0 saturated heterocycles. The zero-order valence-corrected chi connectivity index (χ0v) is 8.07. The number of aryl methyl sites for hydroxylation is 1. The van der Waals surface area contributed by atoms with Gasteiger partial charge < -0.3 is 5.73 Å². The molecule has 1 aromatic rings. The first kappa shape index (κ1) is 9.78. The molecule has 0 radical (unpaired) electrons. The van der Waals surface area contributed by atoms with Crippen LogP contribution in [0.25, 0.3) is 0 Å². The first-order valence-electron chi connectivity index (χ1n) is 3.75. The number of hydrogen-bond acceptors (Lipinski definition) is 2. The van der Waals surface area contributed by atoms with E-state index in [0.717, 1.165) is 18.4 Å². The minimum atomic E-state index is 0.427. The molecule has 1 heterocycles. The highest BCUT2D eigenvalue weighted by Gasteiger charge is 2.01. The fourth-order valence-electron chi connectivity index (χ4n) is 0.920. The third-order valence-corrected chi connectivity index (χ3v) is 2.08. The van der Waals surface area contributed by atoms with Gasteiger partial charge in [0.15, 0.2) is 0 Å². The smallest absolute Gasteiger partial charge is 0.134 e. The molecule has 0 aliphatic rings. The minimum Gasteiger partial charge on any atom is -0.330 e. The van der Waals surface area contributed by atoms with Gasteiger partial charge in [-0.25, -0.2) is 4.98 Å². The van der Waals surface area contributed by atoms with Crippen molar-refractivity contribution in [1.29, 1.82) is 0 Å². The number of halogens is 2. The maximum atomic E-state index is 5.83. The molecular formula is C8H10Cl2N2. The van der Waals surface area contributed by atoms with Crippen molar-refractivity contribution >= 4 is 23.2 Å². The summed E-state index contributed by atoms with van der Waals surface area (Å²) < 4.78 is 0. The van der Waals surface area contributed by atoms with Crippen molar-refractivity contribution in [2.24, 2.45) is 5.73 Å². The molecule has 0 amide bonds. The van der Waals surface area contributed by atoms with Crippen molar-refractivity contribution in [3.63, 3.8) is 0 Å². The van der Waals surface area contributed by atoms with E-state index >= 15 is 0 Å². The summed E-state index contributed by atoms with van der Waals surface area (Å²) in [5, 5.41) is 0.910. The van der Waals surface area contributed by atoms with Crippen LogP contribution in [-0.4, -0.2) is 11.5 Å². The van der Waals surface area contributed by atoms with Crippen LogP contribution in [0, 0.1) is 0 Å². The highest BCUT2D eigenvalue weighted by molar-refractivity contribution is 6.32. The first-order chi connectivity index (χ1) is 5.74. The van der Waals surface area contributed by atoms with Gasteiger partial charge in [0.2, 0.25) is 0 Å². The lowest BCUT2D eigenvalue weighted by Gasteiger charge is -2.01. The molecule has 0 bridgehead atoms. The molecule has 0 saturated carbocycles. The SMILES string of the molecule is NCCCc1ccc(Cl)nc1Cl. The fraction of sp³-hybridized carbons (Fsp3) is 0.375. The normalized spacial score (nSPS) is 10.2. The monoisotopic (exact) mass is 204 g/mol. The number of nitrogens with two attached hydrogens (primary N) is 1. The van der Waals surface area contributed by atoms with Gasteiger partial charge in [0.05, 0.1) is 0 Å². The molecule has 0 spiro atoms. The van der Waals surface area contributed by atoms with Crippen LogP contribution in [-0.2, 0) is 6.42 Å². The van der Waals surface area contributed by atoms with E-state index in [9.17, 15) is 0 Å². The molecule has 0 atom stereocenters. The van der Waals surface area contributed by atoms with Gasteiger partial charge >= 0.3 is 0 Å². The number of hydrogen-bond donors (Lipinski definition) is 1. The van der Waals surface area contributed by atoms with Gasteiger partial charge in [0.25, 0.3) is 0 Å². The van der Waals surface area contributed by atoms with Crippen LogP contribution in [0.15, 0.2) is 12.1 Å². The van der Waals surface area contributed by atoms with Gasteiger partial charge in [0.1, 0.15) is 10.3 Å². The summed E-state index contributed by atoms with van der Waals surface area (Å²) in [5.74, 6) is 0. The van der Waals surface area contributed by atoms with Crippen LogP contribution in [0.2, 0.25) is 10.3 Å². The molecule has 66 valence electrons. The van der Waals surface area contributed by atoms with E-state index in [-0.39, 0.29) is 0 Å². The molecule has 1 rings (SSSR count). The maximum Gasteiger partial charge on any atom is 0.134 e. The Morgan fingerprint density at radius 2 is 2.08 bits per heavy atom. The van der Waals surface area contributed by atoms with Crippen LogP contribution < -0.4 is 5.73 Å². The predicted molar refractivity (Wildman–Crippen MR) is 51.6 cm³/mol. The first-order valence-corrected chi connectivity index (χ1v) is 4.50. The van der Waals surface area contributed by atoms with Crippen LogP contribution in [0.4, 0.5) is 0 Å². The second-order valence-electron chi connectivity index (χ2n) is 2.48. The van der Waals surface area contributed by atoms with Crippen LogP contribution >= 0.6 is 23.2 Å². The van der Waals surface area contributed by atoms with Gasteiger partial charge in [-0.2, -0.15) is 0 Å². The fourth-order valence-corrected chi connectivity index (χ4v) is 1.36. The molecule has 0 aliphatic carbocycles. The molecule has 0 unspecified atom stereocenters. The third kappa shape index (κ3) is 2.63. The Hall–Kier alpha value is -0.310. The summed E-state index contributed by atoms with van der Waals surface area (Å²) in [6, 6.07) is 3.62. The molecule has 0 aromatic carbocycles. The Balaban J connectivity index is 2.72. The molecule has 12 heavy (non-hydrogen) atoms. The van der Waals surface area contributed by atoms with E-state index in [1.165, 1.54) is 0 Å². The van der Waals surface area contributed by atoms with Gasteiger partial charge in [0, 0.05) is 0 Å². The lowest BCUT2D eigenvalue weighted by atomic mass is 10.2. The Morgan fingerprint density at radius 1 is 1.33 bits per heavy atom. The largest absolute Gasteiger partial charge is 0.330 e. The maximum absolute atomic E-state index is 5.83. The van der Waals surface area contributed by atoms with E-state index in [4.69, 9.17) is 28.9 Å². The number of pyridine rings is 1. The van der Waals surface area contributed by atoms with Crippen molar-refractivity contribution in [2.75, 3.05) is 6.54 Å². The number of aromatic nitrogens is 1. The summed E-state index contributed by atoms with van der Waals surface area (Å²) in [7, 11) is 0. The van der Waals surface area contributed by atoms with Gasteiger partial charge in [-0.1, -0.05) is 29.3 Å². The van der Waals surface area contributed by atoms with Gasteiger partial charge in [-0.05, 0) is 31.0 Å². The van der Waals surface area contributed by atoms with Crippen molar-refractivity contribution in [3.05, 3.63) is 28.0 Å². The molecule has 4 heteroatoms. The molecule has 0 fully saturated rings. The Kier molecular flexibility index (Phi) is 3.79. The zero-order chi connectivity index (χ0) is 8.97. The molecular weight excluding hydrogens is 195 g/mol. The predicted octanol–water partition coefficient (Wildman–Crippen LogP) is 2.28. The zero-order valence-electron chi connectivity index (χ0n) is 6.56. The highest BCUT2D eigenvalue weighted by atomic mass is 35.5. The van der Waals surface area contributed by atoms with Crippen molar-refractivity contribution in [2.45, 2.75) is 12.8 Å². The van der Waals surface area contributed by atoms with E-state index in [1.807, 2.05) is 6.07 Å². The van der Waals surface area contributed by atoms with E-state index < -0.39 is 0 Å². The Morgan fingerprint density at radius 3 is 2.67 bits per heavy atom. The number of rotatable bonds is 3. The van der Waals surface area contributed by atoms with Crippen LogP contribution in [0.1, 0.15) is 12.0 Å². The quantitative estimate of drug-likeness (QED) is 0.768. The summed E-state index contributed by atoms with van der Waals surface area (Å²) >= 11 is 11.5. The van der Waals surface area contributed by atoms with Gasteiger partial charge in [-0.3, -0.25) is 0 Å². The van der Waals surface area contributed by atoms with Crippen molar-refractivity contribution in [1.82, 2.24) is 4.98 Å². The van der Waals surface area contributed by atoms with Crippen LogP contribution in [0.5, 0.6) is 0 Å². The summed E-state index contributed by atoms with van der Waals surface area (Å²) in [6.07, 6.45) is 1.78. The molecule has 1 aromatic heterocycles.